The van der Waals surface area contributed by atoms with Gasteiger partial charge in [0.1, 0.15) is 11.6 Å². The van der Waals surface area contributed by atoms with Gasteiger partial charge in [-0.15, -0.1) is 0 Å². The Bertz CT molecular complexity index is 902. The summed E-state index contributed by atoms with van der Waals surface area (Å²) in [6.45, 7) is 0.678. The van der Waals surface area contributed by atoms with Crippen molar-refractivity contribution in [3.63, 3.8) is 0 Å². The number of carboxylic acid groups (broad SMARTS) is 1. The Hall–Kier alpha value is -3.22. The topological polar surface area (TPSA) is 83.9 Å². The molecule has 1 heterocycles. The number of methoxy groups -OCH3 is 1. The molecule has 0 saturated carbocycles. The molecule has 1 saturated heterocycles. The van der Waals surface area contributed by atoms with Gasteiger partial charge in [0.15, 0.2) is 5.78 Å². The second-order valence-electron chi connectivity index (χ2n) is 6.66. The monoisotopic (exact) mass is 385 g/mol. The Morgan fingerprint density at radius 3 is 2.18 bits per heavy atom. The van der Waals surface area contributed by atoms with Gasteiger partial charge in [0.25, 0.3) is 5.91 Å². The number of aromatic carboxylic acids is 1. The minimum atomic E-state index is -1.25. The lowest BCUT2D eigenvalue weighted by atomic mass is 9.88. The summed E-state index contributed by atoms with van der Waals surface area (Å²) >= 11 is 0. The Labute approximate surface area is 161 Å². The summed E-state index contributed by atoms with van der Waals surface area (Å²) < 4.78 is 19.2. The van der Waals surface area contributed by atoms with Crippen LogP contribution in [-0.4, -0.2) is 47.9 Å². The molecule has 0 aliphatic carbocycles. The first-order valence-corrected chi connectivity index (χ1v) is 8.91. The molecule has 28 heavy (non-hydrogen) atoms. The molecule has 3 rings (SSSR count). The van der Waals surface area contributed by atoms with Crippen LogP contribution in [0.15, 0.2) is 42.5 Å². The summed E-state index contributed by atoms with van der Waals surface area (Å²) in [6, 6.07) is 10.1. The first-order valence-electron chi connectivity index (χ1n) is 8.91. The van der Waals surface area contributed by atoms with Crippen molar-refractivity contribution in [1.29, 1.82) is 0 Å². The standard InChI is InChI=1S/C21H20FNO5/c1-28-16-5-2-13(3-6-16)19(24)14-8-10-23(11-9-14)20(25)17-7-4-15(21(26)27)12-18(17)22/h2-7,12,14H,8-11H2,1H3,(H,26,27). The predicted octanol–water partition coefficient (Wildman–Crippen LogP) is 3.27. The van der Waals surface area contributed by atoms with Crippen molar-refractivity contribution >= 4 is 17.7 Å². The molecule has 7 heteroatoms. The predicted molar refractivity (Wildman–Crippen MR) is 99.3 cm³/mol. The number of Topliss-reactive ketones (excluding diaryl/α,β-unsaturated/α-hetero) is 1. The van der Waals surface area contributed by atoms with Crippen LogP contribution >= 0.6 is 0 Å². The van der Waals surface area contributed by atoms with Crippen LogP contribution in [0, 0.1) is 11.7 Å². The highest BCUT2D eigenvalue weighted by Gasteiger charge is 2.29. The van der Waals surface area contributed by atoms with Crippen LogP contribution in [0.3, 0.4) is 0 Å². The van der Waals surface area contributed by atoms with Gasteiger partial charge in [-0.3, -0.25) is 9.59 Å². The number of hydrogen-bond donors (Lipinski definition) is 1. The molecule has 0 aromatic heterocycles. The molecule has 0 bridgehead atoms. The second-order valence-corrected chi connectivity index (χ2v) is 6.66. The maximum atomic E-state index is 14.1. The molecule has 146 valence electrons. The number of carbonyl (C=O) groups is 3. The van der Waals surface area contributed by atoms with Crippen LogP contribution in [0.4, 0.5) is 4.39 Å². The van der Waals surface area contributed by atoms with E-state index in [0.717, 1.165) is 6.07 Å². The number of benzene rings is 2. The highest BCUT2D eigenvalue weighted by molar-refractivity contribution is 5.99. The van der Waals surface area contributed by atoms with E-state index in [2.05, 4.69) is 0 Å². The summed E-state index contributed by atoms with van der Waals surface area (Å²) in [4.78, 5) is 37.6. The lowest BCUT2D eigenvalue weighted by Crippen LogP contribution is -2.40. The highest BCUT2D eigenvalue weighted by atomic mass is 19.1. The number of carbonyl (C=O) groups excluding carboxylic acids is 2. The summed E-state index contributed by atoms with van der Waals surface area (Å²) in [6.07, 6.45) is 0.983. The van der Waals surface area contributed by atoms with Gasteiger partial charge in [-0.25, -0.2) is 9.18 Å². The van der Waals surface area contributed by atoms with Crippen LogP contribution in [0.2, 0.25) is 0 Å². The van der Waals surface area contributed by atoms with Crippen LogP contribution in [0.25, 0.3) is 0 Å². The molecule has 1 N–H and O–H groups in total. The Morgan fingerprint density at radius 2 is 1.64 bits per heavy atom. The second kappa shape index (κ2) is 8.21. The minimum absolute atomic E-state index is 0.0201. The number of likely N-dealkylation sites (tertiary alicyclic amines) is 1. The van der Waals surface area contributed by atoms with Gasteiger partial charge in [-0.05, 0) is 55.3 Å². The Balaban J connectivity index is 1.63. The Morgan fingerprint density at radius 1 is 1.04 bits per heavy atom. The van der Waals surface area contributed by atoms with E-state index in [-0.39, 0.29) is 22.8 Å². The SMILES string of the molecule is COc1ccc(C(=O)C2CCN(C(=O)c3ccc(C(=O)O)cc3F)CC2)cc1. The van der Waals surface area contributed by atoms with Crippen LogP contribution in [0.5, 0.6) is 5.75 Å². The number of ketones is 1. The van der Waals surface area contributed by atoms with Crippen LogP contribution in [-0.2, 0) is 0 Å². The number of halogens is 1. The van der Waals surface area contributed by atoms with Gasteiger partial charge >= 0.3 is 5.97 Å². The van der Waals surface area contributed by atoms with Gasteiger partial charge in [-0.2, -0.15) is 0 Å². The van der Waals surface area contributed by atoms with Crippen molar-refractivity contribution in [1.82, 2.24) is 4.90 Å². The molecular weight excluding hydrogens is 365 g/mol. The van der Waals surface area contributed by atoms with Crippen LogP contribution < -0.4 is 4.74 Å². The lowest BCUT2D eigenvalue weighted by molar-refractivity contribution is 0.0644. The first kappa shape index (κ1) is 19.5. The number of hydrogen-bond acceptors (Lipinski definition) is 4. The molecule has 1 aliphatic heterocycles. The van der Waals surface area contributed by atoms with Gasteiger partial charge in [0.05, 0.1) is 18.2 Å². The van der Waals surface area contributed by atoms with Crippen molar-refractivity contribution in [2.45, 2.75) is 12.8 Å². The van der Waals surface area contributed by atoms with Gasteiger partial charge in [-0.1, -0.05) is 0 Å². The number of piperidine rings is 1. The van der Waals surface area contributed by atoms with Crippen molar-refractivity contribution in [2.75, 3.05) is 20.2 Å². The van der Waals surface area contributed by atoms with E-state index >= 15 is 0 Å². The molecule has 0 atom stereocenters. The van der Waals surface area contributed by atoms with E-state index < -0.39 is 17.7 Å². The highest BCUT2D eigenvalue weighted by Crippen LogP contribution is 2.24. The quantitative estimate of drug-likeness (QED) is 0.799. The molecule has 0 unspecified atom stereocenters. The molecule has 6 nitrogen and oxygen atoms in total. The van der Waals surface area contributed by atoms with E-state index in [4.69, 9.17) is 9.84 Å². The number of nitrogens with zero attached hydrogens (tertiary/aromatic N) is 1. The molecule has 1 amide bonds. The molecular formula is C21H20FNO5. The lowest BCUT2D eigenvalue weighted by Gasteiger charge is -2.31. The fourth-order valence-electron chi connectivity index (χ4n) is 3.33. The zero-order chi connectivity index (χ0) is 20.3. The van der Waals surface area contributed by atoms with Crippen molar-refractivity contribution in [2.24, 2.45) is 5.92 Å². The fraction of sp³-hybridized carbons (Fsp3) is 0.286. The van der Waals surface area contributed by atoms with E-state index in [9.17, 15) is 18.8 Å². The van der Waals surface area contributed by atoms with Gasteiger partial charge < -0.3 is 14.7 Å². The molecule has 1 fully saturated rings. The largest absolute Gasteiger partial charge is 0.497 e. The average molecular weight is 385 g/mol. The summed E-state index contributed by atoms with van der Waals surface area (Å²) in [5.74, 6) is -2.11. The van der Waals surface area contributed by atoms with Crippen molar-refractivity contribution in [3.8, 4) is 5.75 Å². The Kier molecular flexibility index (Phi) is 5.73. The molecule has 0 spiro atoms. The zero-order valence-electron chi connectivity index (χ0n) is 15.4. The van der Waals surface area contributed by atoms with E-state index in [1.807, 2.05) is 0 Å². The van der Waals surface area contributed by atoms with E-state index in [1.165, 1.54) is 17.0 Å². The summed E-state index contributed by atoms with van der Waals surface area (Å²) in [5, 5.41) is 8.89. The first-order chi connectivity index (χ1) is 13.4. The molecule has 2 aromatic carbocycles. The normalized spacial score (nSPS) is 14.6. The third kappa shape index (κ3) is 4.03. The minimum Gasteiger partial charge on any atom is -0.497 e. The van der Waals surface area contributed by atoms with E-state index in [1.54, 1.807) is 31.4 Å². The van der Waals surface area contributed by atoms with Gasteiger partial charge in [0.2, 0.25) is 0 Å². The number of rotatable bonds is 5. The molecule has 2 aromatic rings. The maximum Gasteiger partial charge on any atom is 0.335 e. The van der Waals surface area contributed by atoms with Crippen LogP contribution in [0.1, 0.15) is 43.9 Å². The number of amides is 1. The number of carboxylic acids is 1. The summed E-state index contributed by atoms with van der Waals surface area (Å²) in [5.41, 5.74) is 0.226. The third-order valence-corrected chi connectivity index (χ3v) is 4.97. The number of ether oxygens (including phenoxy) is 1. The third-order valence-electron chi connectivity index (χ3n) is 4.97. The molecule has 1 aliphatic rings. The van der Waals surface area contributed by atoms with Crippen molar-refractivity contribution < 1.29 is 28.6 Å². The van der Waals surface area contributed by atoms with Crippen molar-refractivity contribution in [3.05, 3.63) is 65.0 Å². The summed E-state index contributed by atoms with van der Waals surface area (Å²) in [7, 11) is 1.56. The fourth-order valence-corrected chi connectivity index (χ4v) is 3.33. The van der Waals surface area contributed by atoms with E-state index in [0.29, 0.717) is 37.2 Å². The molecule has 0 radical (unpaired) electrons. The van der Waals surface area contributed by atoms with Gasteiger partial charge in [0, 0.05) is 24.6 Å². The zero-order valence-corrected chi connectivity index (χ0v) is 15.4. The average Bonchev–Trinajstić information content (AvgIpc) is 2.72. The maximum absolute atomic E-state index is 14.1. The smallest absolute Gasteiger partial charge is 0.335 e.